The number of rotatable bonds is 2. The maximum Gasteiger partial charge on any atom is 0.0349 e. The van der Waals surface area contributed by atoms with Gasteiger partial charge >= 0.3 is 0 Å². The smallest absolute Gasteiger partial charge is 0.0349 e. The summed E-state index contributed by atoms with van der Waals surface area (Å²) in [5.74, 6) is 1.69. The van der Waals surface area contributed by atoms with Crippen LogP contribution in [0.1, 0.15) is 37.7 Å². The van der Waals surface area contributed by atoms with Gasteiger partial charge in [-0.3, -0.25) is 0 Å². The fraction of sp³-hybridized carbons (Fsp3) is 0.538. The molecule has 3 rings (SSSR count). The third-order valence-corrected chi connectivity index (χ3v) is 4.12. The van der Waals surface area contributed by atoms with Gasteiger partial charge in [-0.05, 0) is 48.1 Å². The SMILES string of the molecule is CC1(C2CC2c2ccccc2N)CC1. The fourth-order valence-electron chi connectivity index (χ4n) is 2.73. The molecule has 2 atom stereocenters. The first-order valence-corrected chi connectivity index (χ1v) is 5.55. The van der Waals surface area contributed by atoms with E-state index in [1.165, 1.54) is 24.8 Å². The summed E-state index contributed by atoms with van der Waals surface area (Å²) < 4.78 is 0. The lowest BCUT2D eigenvalue weighted by molar-refractivity contribution is 0.479. The second-order valence-electron chi connectivity index (χ2n) is 5.23. The minimum atomic E-state index is 0.674. The van der Waals surface area contributed by atoms with Gasteiger partial charge in [-0.1, -0.05) is 25.1 Å². The molecule has 2 unspecified atom stereocenters. The van der Waals surface area contributed by atoms with Crippen molar-refractivity contribution in [1.82, 2.24) is 0 Å². The van der Waals surface area contributed by atoms with Crippen LogP contribution in [0.4, 0.5) is 5.69 Å². The van der Waals surface area contributed by atoms with Crippen molar-refractivity contribution in [2.75, 3.05) is 5.73 Å². The monoisotopic (exact) mass is 187 g/mol. The van der Waals surface area contributed by atoms with Crippen LogP contribution in [0.25, 0.3) is 0 Å². The highest BCUT2D eigenvalue weighted by Gasteiger charge is 2.56. The van der Waals surface area contributed by atoms with Crippen LogP contribution in [0.2, 0.25) is 0 Å². The highest BCUT2D eigenvalue weighted by Crippen LogP contribution is 2.67. The second-order valence-corrected chi connectivity index (χ2v) is 5.23. The largest absolute Gasteiger partial charge is 0.398 e. The molecule has 0 aromatic heterocycles. The minimum Gasteiger partial charge on any atom is -0.398 e. The van der Waals surface area contributed by atoms with E-state index in [1.54, 1.807) is 0 Å². The molecule has 0 amide bonds. The minimum absolute atomic E-state index is 0.674. The number of benzene rings is 1. The molecule has 0 saturated heterocycles. The van der Waals surface area contributed by atoms with Gasteiger partial charge in [0.1, 0.15) is 0 Å². The summed E-state index contributed by atoms with van der Waals surface area (Å²) in [6.45, 7) is 2.43. The van der Waals surface area contributed by atoms with E-state index in [9.17, 15) is 0 Å². The predicted molar refractivity (Wildman–Crippen MR) is 59.0 cm³/mol. The first kappa shape index (κ1) is 8.34. The Morgan fingerprint density at radius 3 is 2.64 bits per heavy atom. The van der Waals surface area contributed by atoms with Crippen molar-refractivity contribution in [2.24, 2.45) is 11.3 Å². The van der Waals surface area contributed by atoms with Crippen molar-refractivity contribution in [2.45, 2.75) is 32.1 Å². The number of para-hydroxylation sites is 1. The Hall–Kier alpha value is -0.980. The molecule has 2 fully saturated rings. The molecular formula is C13H17N. The summed E-state index contributed by atoms with van der Waals surface area (Å²) in [4.78, 5) is 0. The Balaban J connectivity index is 1.83. The Labute approximate surface area is 85.3 Å². The van der Waals surface area contributed by atoms with Crippen molar-refractivity contribution in [3.63, 3.8) is 0 Å². The Bertz CT molecular complexity index is 365. The van der Waals surface area contributed by atoms with E-state index in [-0.39, 0.29) is 0 Å². The third kappa shape index (κ3) is 1.15. The number of hydrogen-bond acceptors (Lipinski definition) is 1. The molecule has 0 radical (unpaired) electrons. The standard InChI is InChI=1S/C13H17N/c1-13(6-7-13)11-8-10(11)9-4-2-3-5-12(9)14/h2-5,10-11H,6-8,14H2,1H3. The molecule has 2 aliphatic rings. The average Bonchev–Trinajstić information content (AvgIpc) is 3.01. The summed E-state index contributed by atoms with van der Waals surface area (Å²) in [7, 11) is 0. The maximum absolute atomic E-state index is 5.99. The highest BCUT2D eigenvalue weighted by atomic mass is 14.6. The van der Waals surface area contributed by atoms with Crippen LogP contribution >= 0.6 is 0 Å². The molecule has 0 bridgehead atoms. The van der Waals surface area contributed by atoms with Crippen molar-refractivity contribution in [1.29, 1.82) is 0 Å². The average molecular weight is 187 g/mol. The highest BCUT2D eigenvalue weighted by molar-refractivity contribution is 5.51. The summed E-state index contributed by atoms with van der Waals surface area (Å²) in [6.07, 6.45) is 4.23. The van der Waals surface area contributed by atoms with Gasteiger partial charge in [0, 0.05) is 5.69 Å². The van der Waals surface area contributed by atoms with Crippen molar-refractivity contribution < 1.29 is 0 Å². The quantitative estimate of drug-likeness (QED) is 0.707. The zero-order valence-electron chi connectivity index (χ0n) is 8.66. The Kier molecular flexibility index (Phi) is 1.51. The molecule has 14 heavy (non-hydrogen) atoms. The second kappa shape index (κ2) is 2.53. The van der Waals surface area contributed by atoms with Gasteiger partial charge in [0.2, 0.25) is 0 Å². The van der Waals surface area contributed by atoms with E-state index in [0.717, 1.165) is 17.5 Å². The molecule has 0 heterocycles. The Morgan fingerprint density at radius 2 is 2.00 bits per heavy atom. The topological polar surface area (TPSA) is 26.0 Å². The maximum atomic E-state index is 5.99. The zero-order valence-corrected chi connectivity index (χ0v) is 8.66. The van der Waals surface area contributed by atoms with Crippen molar-refractivity contribution in [3.05, 3.63) is 29.8 Å². The molecule has 0 spiro atoms. The number of hydrogen-bond donors (Lipinski definition) is 1. The predicted octanol–water partition coefficient (Wildman–Crippen LogP) is 3.17. The van der Waals surface area contributed by atoms with E-state index < -0.39 is 0 Å². The van der Waals surface area contributed by atoms with Crippen molar-refractivity contribution >= 4 is 5.69 Å². The molecule has 1 heteroatoms. The van der Waals surface area contributed by atoms with E-state index in [0.29, 0.717) is 5.41 Å². The Morgan fingerprint density at radius 1 is 1.29 bits per heavy atom. The van der Waals surface area contributed by atoms with Gasteiger partial charge in [0.15, 0.2) is 0 Å². The number of nitrogens with two attached hydrogens (primary N) is 1. The molecule has 2 N–H and O–H groups in total. The van der Waals surface area contributed by atoms with Gasteiger partial charge < -0.3 is 5.73 Å². The molecule has 74 valence electrons. The molecule has 1 aromatic carbocycles. The molecule has 1 nitrogen and oxygen atoms in total. The van der Waals surface area contributed by atoms with Crippen LogP contribution in [0.5, 0.6) is 0 Å². The van der Waals surface area contributed by atoms with Crippen molar-refractivity contribution in [3.8, 4) is 0 Å². The fourth-order valence-corrected chi connectivity index (χ4v) is 2.73. The number of nitrogen functional groups attached to an aromatic ring is 1. The first-order valence-electron chi connectivity index (χ1n) is 5.55. The van der Waals surface area contributed by atoms with Crippen LogP contribution in [-0.4, -0.2) is 0 Å². The van der Waals surface area contributed by atoms with E-state index >= 15 is 0 Å². The lowest BCUT2D eigenvalue weighted by Crippen LogP contribution is -1.99. The van der Waals surface area contributed by atoms with Crippen LogP contribution < -0.4 is 5.73 Å². The summed E-state index contributed by atoms with van der Waals surface area (Å²) in [6, 6.07) is 8.36. The normalized spacial score (nSPS) is 32.6. The van der Waals surface area contributed by atoms with E-state index in [1.807, 2.05) is 12.1 Å². The van der Waals surface area contributed by atoms with Crippen LogP contribution in [0, 0.1) is 11.3 Å². The summed E-state index contributed by atoms with van der Waals surface area (Å²) in [5.41, 5.74) is 9.05. The number of anilines is 1. The van der Waals surface area contributed by atoms with E-state index in [2.05, 4.69) is 19.1 Å². The molecular weight excluding hydrogens is 170 g/mol. The molecule has 0 aliphatic heterocycles. The van der Waals surface area contributed by atoms with Gasteiger partial charge in [0.05, 0.1) is 0 Å². The molecule has 2 aliphatic carbocycles. The summed E-state index contributed by atoms with van der Waals surface area (Å²) >= 11 is 0. The molecule has 2 saturated carbocycles. The summed E-state index contributed by atoms with van der Waals surface area (Å²) in [5, 5.41) is 0. The van der Waals surface area contributed by atoms with Crippen LogP contribution in [0.15, 0.2) is 24.3 Å². The lowest BCUT2D eigenvalue weighted by Gasteiger charge is -2.08. The molecule has 1 aromatic rings. The lowest BCUT2D eigenvalue weighted by atomic mass is 9.98. The van der Waals surface area contributed by atoms with Gasteiger partial charge in [0.25, 0.3) is 0 Å². The van der Waals surface area contributed by atoms with Gasteiger partial charge in [-0.15, -0.1) is 0 Å². The third-order valence-electron chi connectivity index (χ3n) is 4.12. The van der Waals surface area contributed by atoms with Crippen LogP contribution in [-0.2, 0) is 0 Å². The zero-order chi connectivity index (χ0) is 9.76. The van der Waals surface area contributed by atoms with Crippen LogP contribution in [0.3, 0.4) is 0 Å². The van der Waals surface area contributed by atoms with Gasteiger partial charge in [-0.25, -0.2) is 0 Å². The van der Waals surface area contributed by atoms with E-state index in [4.69, 9.17) is 5.73 Å². The van der Waals surface area contributed by atoms with Gasteiger partial charge in [-0.2, -0.15) is 0 Å². The first-order chi connectivity index (χ1) is 6.71.